The van der Waals surface area contributed by atoms with E-state index in [9.17, 15) is 0 Å². The Bertz CT molecular complexity index is 667. The predicted octanol–water partition coefficient (Wildman–Crippen LogP) is 2.86. The average molecular weight is 298 g/mol. The molecule has 0 N–H and O–H groups in total. The fraction of sp³-hybridized carbons (Fsp3) is 0.611. The van der Waals surface area contributed by atoms with Crippen LogP contribution in [0.3, 0.4) is 0 Å². The van der Waals surface area contributed by atoms with Gasteiger partial charge in [-0.2, -0.15) is 0 Å². The quantitative estimate of drug-likeness (QED) is 0.871. The summed E-state index contributed by atoms with van der Waals surface area (Å²) < 4.78 is 4.80. The Hall–Kier alpha value is -1.55. The standard InChI is InChI=1S/C18H26N4/c1-14-19-17-7-3-4-8-18(17)22(14)16-9-11-21(13-16)12-15-6-5-10-20(15)2/h5-6,10,16H,3-4,7-9,11-13H2,1-2H3/t16-/m0/s1. The van der Waals surface area contributed by atoms with Crippen LogP contribution in [0.5, 0.6) is 0 Å². The first kappa shape index (κ1) is 14.1. The average Bonchev–Trinajstić information content (AvgIpc) is 3.19. The molecule has 3 heterocycles. The molecule has 1 aliphatic carbocycles. The van der Waals surface area contributed by atoms with E-state index in [1.165, 1.54) is 61.6 Å². The summed E-state index contributed by atoms with van der Waals surface area (Å²) in [5, 5.41) is 0. The van der Waals surface area contributed by atoms with Crippen LogP contribution in [0.2, 0.25) is 0 Å². The maximum absolute atomic E-state index is 4.85. The van der Waals surface area contributed by atoms with Gasteiger partial charge in [0.25, 0.3) is 0 Å². The summed E-state index contributed by atoms with van der Waals surface area (Å²) in [6.45, 7) is 5.62. The van der Waals surface area contributed by atoms with Crippen LogP contribution in [0, 0.1) is 6.92 Å². The highest BCUT2D eigenvalue weighted by Gasteiger charge is 2.29. The molecule has 0 radical (unpaired) electrons. The van der Waals surface area contributed by atoms with Crippen molar-refractivity contribution in [2.75, 3.05) is 13.1 Å². The van der Waals surface area contributed by atoms with Crippen LogP contribution in [-0.4, -0.2) is 32.1 Å². The van der Waals surface area contributed by atoms with Crippen LogP contribution in [0.4, 0.5) is 0 Å². The minimum absolute atomic E-state index is 0.620. The van der Waals surface area contributed by atoms with Crippen molar-refractivity contribution in [3.8, 4) is 0 Å². The second-order valence-corrected chi connectivity index (χ2v) is 6.92. The number of hydrogen-bond donors (Lipinski definition) is 0. The van der Waals surface area contributed by atoms with Gasteiger partial charge in [-0.25, -0.2) is 4.98 Å². The van der Waals surface area contributed by atoms with Crippen LogP contribution < -0.4 is 0 Å². The molecule has 2 aromatic rings. The SMILES string of the molecule is Cc1nc2c(n1[C@H]1CCN(Cc3cccn3C)C1)CCCC2. The van der Waals surface area contributed by atoms with E-state index in [1.54, 1.807) is 0 Å². The zero-order valence-electron chi connectivity index (χ0n) is 13.8. The molecule has 1 atom stereocenters. The Labute approximate surface area is 132 Å². The molecule has 0 unspecified atom stereocenters. The maximum atomic E-state index is 4.85. The maximum Gasteiger partial charge on any atom is 0.106 e. The molecule has 0 amide bonds. The molecule has 2 aliphatic rings. The van der Waals surface area contributed by atoms with E-state index in [0.717, 1.165) is 13.1 Å². The van der Waals surface area contributed by atoms with Crippen molar-refractivity contribution in [1.82, 2.24) is 19.0 Å². The van der Waals surface area contributed by atoms with Crippen LogP contribution in [0.1, 0.15) is 48.2 Å². The van der Waals surface area contributed by atoms with E-state index >= 15 is 0 Å². The summed E-state index contributed by atoms with van der Waals surface area (Å²) in [6, 6.07) is 4.99. The molecular weight excluding hydrogens is 272 g/mol. The van der Waals surface area contributed by atoms with Crippen molar-refractivity contribution in [3.05, 3.63) is 41.2 Å². The lowest BCUT2D eigenvalue weighted by molar-refractivity contribution is 0.307. The normalized spacial score (nSPS) is 22.2. The Kier molecular flexibility index (Phi) is 3.57. The van der Waals surface area contributed by atoms with E-state index in [1.807, 2.05) is 0 Å². The molecule has 0 saturated carbocycles. The molecule has 1 saturated heterocycles. The van der Waals surface area contributed by atoms with Crippen LogP contribution in [-0.2, 0) is 26.4 Å². The van der Waals surface area contributed by atoms with Gasteiger partial charge in [-0.1, -0.05) is 0 Å². The number of rotatable bonds is 3. The fourth-order valence-corrected chi connectivity index (χ4v) is 4.24. The molecule has 4 heteroatoms. The van der Waals surface area contributed by atoms with Gasteiger partial charge in [0, 0.05) is 50.3 Å². The molecule has 22 heavy (non-hydrogen) atoms. The van der Waals surface area contributed by atoms with E-state index < -0.39 is 0 Å². The highest BCUT2D eigenvalue weighted by atomic mass is 15.2. The van der Waals surface area contributed by atoms with Gasteiger partial charge in [0.05, 0.1) is 5.69 Å². The lowest BCUT2D eigenvalue weighted by atomic mass is 10.0. The Balaban J connectivity index is 1.51. The highest BCUT2D eigenvalue weighted by molar-refractivity contribution is 5.21. The van der Waals surface area contributed by atoms with Crippen LogP contribution >= 0.6 is 0 Å². The summed E-state index contributed by atoms with van der Waals surface area (Å²) in [4.78, 5) is 7.44. The highest BCUT2D eigenvalue weighted by Crippen LogP contribution is 2.30. The first-order valence-electron chi connectivity index (χ1n) is 8.61. The molecule has 0 bridgehead atoms. The lowest BCUT2D eigenvalue weighted by Crippen LogP contribution is -2.23. The molecular formula is C18H26N4. The molecule has 1 fully saturated rings. The summed E-state index contributed by atoms with van der Waals surface area (Å²) in [6.07, 6.45) is 8.45. The van der Waals surface area contributed by atoms with E-state index in [2.05, 4.69) is 46.3 Å². The summed E-state index contributed by atoms with van der Waals surface area (Å²) in [7, 11) is 2.14. The number of hydrogen-bond acceptors (Lipinski definition) is 2. The Morgan fingerprint density at radius 3 is 2.95 bits per heavy atom. The van der Waals surface area contributed by atoms with E-state index in [0.29, 0.717) is 6.04 Å². The van der Waals surface area contributed by atoms with Crippen molar-refractivity contribution in [2.45, 2.75) is 51.6 Å². The Morgan fingerprint density at radius 2 is 2.14 bits per heavy atom. The second-order valence-electron chi connectivity index (χ2n) is 6.92. The van der Waals surface area contributed by atoms with Crippen LogP contribution in [0.15, 0.2) is 18.3 Å². The smallest absolute Gasteiger partial charge is 0.106 e. The van der Waals surface area contributed by atoms with Crippen LogP contribution in [0.25, 0.3) is 0 Å². The third-order valence-electron chi connectivity index (χ3n) is 5.40. The van der Waals surface area contributed by atoms with E-state index in [4.69, 9.17) is 4.98 Å². The molecule has 0 aromatic carbocycles. The number of fused-ring (bicyclic) bond motifs is 1. The number of likely N-dealkylation sites (tertiary alicyclic amines) is 1. The minimum atomic E-state index is 0.620. The molecule has 4 rings (SSSR count). The fourth-order valence-electron chi connectivity index (χ4n) is 4.24. The third kappa shape index (κ3) is 2.39. The van der Waals surface area contributed by atoms with Gasteiger partial charge in [-0.05, 0) is 51.2 Å². The zero-order valence-corrected chi connectivity index (χ0v) is 13.8. The minimum Gasteiger partial charge on any atom is -0.353 e. The van der Waals surface area contributed by atoms with Crippen molar-refractivity contribution in [3.63, 3.8) is 0 Å². The molecule has 1 aliphatic heterocycles. The monoisotopic (exact) mass is 298 g/mol. The molecule has 4 nitrogen and oxygen atoms in total. The van der Waals surface area contributed by atoms with Gasteiger partial charge in [0.1, 0.15) is 5.82 Å². The van der Waals surface area contributed by atoms with Gasteiger partial charge in [0.15, 0.2) is 0 Å². The number of imidazole rings is 1. The molecule has 118 valence electrons. The first-order chi connectivity index (χ1) is 10.7. The van der Waals surface area contributed by atoms with Crippen molar-refractivity contribution >= 4 is 0 Å². The second kappa shape index (κ2) is 5.58. The van der Waals surface area contributed by atoms with Crippen molar-refractivity contribution in [2.24, 2.45) is 7.05 Å². The lowest BCUT2D eigenvalue weighted by Gasteiger charge is -2.21. The Morgan fingerprint density at radius 1 is 1.27 bits per heavy atom. The summed E-state index contributed by atoms with van der Waals surface area (Å²) in [5.41, 5.74) is 4.32. The van der Waals surface area contributed by atoms with Gasteiger partial charge in [-0.3, -0.25) is 4.90 Å². The zero-order chi connectivity index (χ0) is 15.1. The molecule has 0 spiro atoms. The topological polar surface area (TPSA) is 26.0 Å². The predicted molar refractivity (Wildman–Crippen MR) is 88.0 cm³/mol. The van der Waals surface area contributed by atoms with E-state index in [-0.39, 0.29) is 0 Å². The van der Waals surface area contributed by atoms with Gasteiger partial charge >= 0.3 is 0 Å². The number of aryl methyl sites for hydroxylation is 3. The third-order valence-corrected chi connectivity index (χ3v) is 5.40. The van der Waals surface area contributed by atoms with Crippen molar-refractivity contribution < 1.29 is 0 Å². The van der Waals surface area contributed by atoms with Gasteiger partial charge < -0.3 is 9.13 Å². The number of aromatic nitrogens is 3. The van der Waals surface area contributed by atoms with Gasteiger partial charge in [0.2, 0.25) is 0 Å². The van der Waals surface area contributed by atoms with Gasteiger partial charge in [-0.15, -0.1) is 0 Å². The molecule has 2 aromatic heterocycles. The summed E-state index contributed by atoms with van der Waals surface area (Å²) in [5.74, 6) is 1.23. The van der Waals surface area contributed by atoms with Crippen molar-refractivity contribution in [1.29, 1.82) is 0 Å². The summed E-state index contributed by atoms with van der Waals surface area (Å²) >= 11 is 0. The first-order valence-corrected chi connectivity index (χ1v) is 8.61. The largest absolute Gasteiger partial charge is 0.353 e. The number of nitrogens with zero attached hydrogens (tertiary/aromatic N) is 4.